The molecule has 0 radical (unpaired) electrons. The van der Waals surface area contributed by atoms with Gasteiger partial charge in [0.15, 0.2) is 5.69 Å². The third-order valence-electron chi connectivity index (χ3n) is 3.49. The zero-order valence-corrected chi connectivity index (χ0v) is 11.6. The lowest BCUT2D eigenvalue weighted by Gasteiger charge is -2.25. The molecule has 7 heteroatoms. The number of carbonyl (C=O) groups excluding carboxylic acids is 1. The summed E-state index contributed by atoms with van der Waals surface area (Å²) in [5, 5.41) is 9.24. The average Bonchev–Trinajstić information content (AvgIpc) is 2.83. The first kappa shape index (κ1) is 14.5. The number of ether oxygens (including phenoxy) is 2. The molecule has 0 fully saturated rings. The van der Waals surface area contributed by atoms with Gasteiger partial charge in [-0.05, 0) is 19.3 Å². The van der Waals surface area contributed by atoms with E-state index in [1.165, 1.54) is 7.11 Å². The van der Waals surface area contributed by atoms with Crippen LogP contribution in [-0.4, -0.2) is 47.4 Å². The number of hydrogen-bond acceptors (Lipinski definition) is 5. The first-order valence-corrected chi connectivity index (χ1v) is 6.50. The average molecular weight is 282 g/mol. The summed E-state index contributed by atoms with van der Waals surface area (Å²) in [4.78, 5) is 27.3. The molecule has 2 rings (SSSR count). The number of hydrogen-bond donors (Lipinski definition) is 1. The Morgan fingerprint density at radius 3 is 2.80 bits per heavy atom. The third-order valence-corrected chi connectivity index (χ3v) is 3.49. The number of rotatable bonds is 5. The van der Waals surface area contributed by atoms with Gasteiger partial charge in [0.05, 0.1) is 19.4 Å². The van der Waals surface area contributed by atoms with Crippen LogP contribution in [0.4, 0.5) is 0 Å². The highest BCUT2D eigenvalue weighted by Crippen LogP contribution is 2.30. The number of aromatic nitrogens is 2. The van der Waals surface area contributed by atoms with E-state index in [1.54, 1.807) is 11.7 Å². The molecule has 0 bridgehead atoms. The Bertz CT molecular complexity index is 523. The lowest BCUT2D eigenvalue weighted by molar-refractivity contribution is -0.145. The predicted octanol–water partition coefficient (Wildman–Crippen LogP) is 0.821. The van der Waals surface area contributed by atoms with Crippen molar-refractivity contribution in [3.8, 4) is 0 Å². The van der Waals surface area contributed by atoms with Crippen LogP contribution in [0.2, 0.25) is 0 Å². The molecule has 110 valence electrons. The maximum Gasteiger partial charge on any atom is 0.356 e. The molecule has 1 N–H and O–H groups in total. The molecular weight excluding hydrogens is 264 g/mol. The van der Waals surface area contributed by atoms with E-state index < -0.39 is 12.0 Å². The molecule has 1 aromatic rings. The van der Waals surface area contributed by atoms with Gasteiger partial charge < -0.3 is 19.1 Å². The number of nitrogens with zero attached hydrogens (tertiary/aromatic N) is 2. The minimum Gasteiger partial charge on any atom is -0.476 e. The van der Waals surface area contributed by atoms with Gasteiger partial charge in [0.2, 0.25) is 0 Å². The van der Waals surface area contributed by atoms with Crippen LogP contribution in [0.1, 0.15) is 40.9 Å². The standard InChI is InChI=1S/C13H18N2O5/c1-19-7-6-10-14-11(12(16)17)8-4-3-5-9(15(8)10)13(18)20-2/h9H,3-7H2,1-2H3,(H,16,17). The van der Waals surface area contributed by atoms with Gasteiger partial charge in [-0.25, -0.2) is 14.6 Å². The number of methoxy groups -OCH3 is 2. The van der Waals surface area contributed by atoms with Crippen molar-refractivity contribution >= 4 is 11.9 Å². The summed E-state index contributed by atoms with van der Waals surface area (Å²) < 4.78 is 11.5. The molecule has 0 saturated heterocycles. The largest absolute Gasteiger partial charge is 0.476 e. The summed E-state index contributed by atoms with van der Waals surface area (Å²) in [6, 6.07) is -0.490. The van der Waals surface area contributed by atoms with E-state index >= 15 is 0 Å². The quantitative estimate of drug-likeness (QED) is 0.804. The minimum absolute atomic E-state index is 0.0321. The van der Waals surface area contributed by atoms with Crippen molar-refractivity contribution < 1.29 is 24.2 Å². The predicted molar refractivity (Wildman–Crippen MR) is 68.8 cm³/mol. The molecule has 1 atom stereocenters. The van der Waals surface area contributed by atoms with E-state index in [2.05, 4.69) is 4.98 Å². The Kier molecular flexibility index (Phi) is 4.39. The second-order valence-corrected chi connectivity index (χ2v) is 4.67. The molecule has 2 heterocycles. The number of carboxylic acid groups (broad SMARTS) is 1. The Morgan fingerprint density at radius 2 is 2.20 bits per heavy atom. The highest BCUT2D eigenvalue weighted by atomic mass is 16.5. The summed E-state index contributed by atoms with van der Waals surface area (Å²) in [5.41, 5.74) is 0.634. The molecule has 0 amide bonds. The van der Waals surface area contributed by atoms with Gasteiger partial charge in [0, 0.05) is 13.5 Å². The fourth-order valence-electron chi connectivity index (χ4n) is 2.62. The Hall–Kier alpha value is -1.89. The monoisotopic (exact) mass is 282 g/mol. The maximum absolute atomic E-state index is 11.9. The number of imidazole rings is 1. The van der Waals surface area contributed by atoms with Gasteiger partial charge in [-0.15, -0.1) is 0 Å². The van der Waals surface area contributed by atoms with Crippen molar-refractivity contribution in [2.24, 2.45) is 0 Å². The molecular formula is C13H18N2O5. The number of aromatic carboxylic acids is 1. The van der Waals surface area contributed by atoms with Crippen LogP contribution in [0.15, 0.2) is 0 Å². The van der Waals surface area contributed by atoms with E-state index in [4.69, 9.17) is 9.47 Å². The number of carbonyl (C=O) groups is 2. The van der Waals surface area contributed by atoms with Gasteiger partial charge in [-0.3, -0.25) is 0 Å². The molecule has 20 heavy (non-hydrogen) atoms. The summed E-state index contributed by atoms with van der Waals surface area (Å²) in [7, 11) is 2.90. The topological polar surface area (TPSA) is 90.6 Å². The zero-order valence-electron chi connectivity index (χ0n) is 11.6. The van der Waals surface area contributed by atoms with Gasteiger partial charge in [0.1, 0.15) is 11.9 Å². The van der Waals surface area contributed by atoms with Crippen molar-refractivity contribution in [3.63, 3.8) is 0 Å². The van der Waals surface area contributed by atoms with Crippen molar-refractivity contribution in [2.75, 3.05) is 20.8 Å². The third kappa shape index (κ3) is 2.53. The SMILES string of the molecule is COCCc1nc(C(=O)O)c2n1C(C(=O)OC)CCC2. The minimum atomic E-state index is -1.07. The molecule has 1 aliphatic heterocycles. The maximum atomic E-state index is 11.9. The fourth-order valence-corrected chi connectivity index (χ4v) is 2.62. The molecule has 7 nitrogen and oxygen atoms in total. The van der Waals surface area contributed by atoms with Crippen LogP contribution in [0.25, 0.3) is 0 Å². The van der Waals surface area contributed by atoms with Crippen molar-refractivity contribution in [2.45, 2.75) is 31.7 Å². The molecule has 0 saturated carbocycles. The van der Waals surface area contributed by atoms with Crippen molar-refractivity contribution in [3.05, 3.63) is 17.2 Å². The number of esters is 1. The molecule has 0 spiro atoms. The van der Waals surface area contributed by atoms with Crippen molar-refractivity contribution in [1.29, 1.82) is 0 Å². The van der Waals surface area contributed by atoms with Gasteiger partial charge >= 0.3 is 11.9 Å². The van der Waals surface area contributed by atoms with Gasteiger partial charge in [0.25, 0.3) is 0 Å². The molecule has 0 aliphatic carbocycles. The van der Waals surface area contributed by atoms with E-state index in [0.29, 0.717) is 37.4 Å². The van der Waals surface area contributed by atoms with Crippen molar-refractivity contribution in [1.82, 2.24) is 9.55 Å². The lowest BCUT2D eigenvalue weighted by atomic mass is 10.0. The Balaban J connectivity index is 2.47. The van der Waals surface area contributed by atoms with Crippen LogP contribution in [-0.2, 0) is 27.1 Å². The second kappa shape index (κ2) is 6.04. The summed E-state index contributed by atoms with van der Waals surface area (Å²) in [5.74, 6) is -0.865. The zero-order chi connectivity index (χ0) is 14.7. The van der Waals surface area contributed by atoms with E-state index in [-0.39, 0.29) is 11.7 Å². The van der Waals surface area contributed by atoms with E-state index in [1.807, 2.05) is 0 Å². The summed E-state index contributed by atoms with van der Waals surface area (Å²) >= 11 is 0. The molecule has 1 unspecified atom stereocenters. The first-order valence-electron chi connectivity index (χ1n) is 6.50. The van der Waals surface area contributed by atoms with Crippen LogP contribution in [0.3, 0.4) is 0 Å². The number of carboxylic acids is 1. The van der Waals surface area contributed by atoms with Crippen LogP contribution < -0.4 is 0 Å². The first-order chi connectivity index (χ1) is 9.60. The van der Waals surface area contributed by atoms with Gasteiger partial charge in [-0.2, -0.15) is 0 Å². The summed E-state index contributed by atoms with van der Waals surface area (Å²) in [6.45, 7) is 0.420. The van der Waals surface area contributed by atoms with E-state index in [0.717, 1.165) is 6.42 Å². The Morgan fingerprint density at radius 1 is 1.45 bits per heavy atom. The normalized spacial score (nSPS) is 17.6. The highest BCUT2D eigenvalue weighted by Gasteiger charge is 2.33. The second-order valence-electron chi connectivity index (χ2n) is 4.67. The van der Waals surface area contributed by atoms with Gasteiger partial charge in [-0.1, -0.05) is 0 Å². The molecule has 1 aromatic heterocycles. The fraction of sp³-hybridized carbons (Fsp3) is 0.615. The molecule has 1 aliphatic rings. The number of fused-ring (bicyclic) bond motifs is 1. The Labute approximate surface area is 116 Å². The van der Waals surface area contributed by atoms with Crippen LogP contribution >= 0.6 is 0 Å². The van der Waals surface area contributed by atoms with E-state index in [9.17, 15) is 14.7 Å². The lowest BCUT2D eigenvalue weighted by Crippen LogP contribution is -2.28. The van der Waals surface area contributed by atoms with Crippen LogP contribution in [0, 0.1) is 0 Å². The summed E-state index contributed by atoms with van der Waals surface area (Å²) in [6.07, 6.45) is 2.45. The molecule has 0 aromatic carbocycles. The highest BCUT2D eigenvalue weighted by molar-refractivity contribution is 5.87. The smallest absolute Gasteiger partial charge is 0.356 e. The van der Waals surface area contributed by atoms with Crippen LogP contribution in [0.5, 0.6) is 0 Å².